The standard InChI is InChI=1S/C32H30N4O3/c1-39-26-6-2-5-22(15-26)24-16-28-27-8-7-23(14-25(27)18-29(28)30(17-24)31(33)37)32(38)36-12-10-35(11-13-36)20-21-4-3-9-34-19-21/h2-9,14-17,19H,10-13,18,20H2,1H3,(H2,33,37). The average molecular weight is 519 g/mol. The van der Waals surface area contributed by atoms with E-state index in [2.05, 4.69) is 22.0 Å². The van der Waals surface area contributed by atoms with E-state index >= 15 is 0 Å². The van der Waals surface area contributed by atoms with Gasteiger partial charge in [0, 0.05) is 56.2 Å². The number of ether oxygens (including phenoxy) is 1. The Morgan fingerprint density at radius 3 is 2.51 bits per heavy atom. The van der Waals surface area contributed by atoms with Crippen molar-refractivity contribution >= 4 is 11.8 Å². The topological polar surface area (TPSA) is 88.8 Å². The molecule has 196 valence electrons. The normalized spacial score (nSPS) is 14.5. The van der Waals surface area contributed by atoms with Crippen molar-refractivity contribution in [2.24, 2.45) is 5.73 Å². The third-order valence-electron chi connectivity index (χ3n) is 7.72. The minimum Gasteiger partial charge on any atom is -0.497 e. The number of carbonyl (C=O) groups is 2. The lowest BCUT2D eigenvalue weighted by atomic mass is 9.94. The van der Waals surface area contributed by atoms with Crippen LogP contribution in [-0.4, -0.2) is 59.9 Å². The minimum absolute atomic E-state index is 0.0435. The van der Waals surface area contributed by atoms with Crippen molar-refractivity contribution in [1.82, 2.24) is 14.8 Å². The number of hydrogen-bond acceptors (Lipinski definition) is 5. The summed E-state index contributed by atoms with van der Waals surface area (Å²) in [6.07, 6.45) is 4.24. The molecule has 2 aliphatic rings. The number of benzene rings is 3. The van der Waals surface area contributed by atoms with Gasteiger partial charge in [-0.25, -0.2) is 0 Å². The molecule has 39 heavy (non-hydrogen) atoms. The molecule has 1 aromatic heterocycles. The second-order valence-corrected chi connectivity index (χ2v) is 10.1. The first-order valence-electron chi connectivity index (χ1n) is 13.1. The average Bonchev–Trinajstić information content (AvgIpc) is 3.35. The van der Waals surface area contributed by atoms with Crippen LogP contribution in [0.2, 0.25) is 0 Å². The summed E-state index contributed by atoms with van der Waals surface area (Å²) in [5, 5.41) is 0. The third-order valence-corrected chi connectivity index (χ3v) is 7.72. The van der Waals surface area contributed by atoms with E-state index in [0.717, 1.165) is 58.8 Å². The highest BCUT2D eigenvalue weighted by Crippen LogP contribution is 2.42. The number of pyridine rings is 1. The predicted molar refractivity (Wildman–Crippen MR) is 151 cm³/mol. The summed E-state index contributed by atoms with van der Waals surface area (Å²) in [5.41, 5.74) is 14.0. The monoisotopic (exact) mass is 518 g/mol. The summed E-state index contributed by atoms with van der Waals surface area (Å²) < 4.78 is 5.39. The Kier molecular flexibility index (Phi) is 6.59. The van der Waals surface area contributed by atoms with Crippen molar-refractivity contribution in [3.05, 3.63) is 107 Å². The first kappa shape index (κ1) is 24.8. The van der Waals surface area contributed by atoms with Crippen molar-refractivity contribution in [2.45, 2.75) is 13.0 Å². The molecule has 2 heterocycles. The summed E-state index contributed by atoms with van der Waals surface area (Å²) in [7, 11) is 1.63. The fourth-order valence-corrected chi connectivity index (χ4v) is 5.66. The Labute approximate surface area is 227 Å². The van der Waals surface area contributed by atoms with E-state index in [1.54, 1.807) is 13.3 Å². The smallest absolute Gasteiger partial charge is 0.253 e. The molecular formula is C32H30N4O3. The van der Waals surface area contributed by atoms with Gasteiger partial charge in [-0.1, -0.05) is 24.3 Å². The van der Waals surface area contributed by atoms with E-state index in [9.17, 15) is 9.59 Å². The summed E-state index contributed by atoms with van der Waals surface area (Å²) in [4.78, 5) is 34.4. The van der Waals surface area contributed by atoms with Gasteiger partial charge in [-0.3, -0.25) is 19.5 Å². The number of carbonyl (C=O) groups excluding carboxylic acids is 2. The Hall–Kier alpha value is -4.49. The lowest BCUT2D eigenvalue weighted by Crippen LogP contribution is -2.48. The van der Waals surface area contributed by atoms with Crippen LogP contribution in [0, 0.1) is 0 Å². The first-order chi connectivity index (χ1) is 19.0. The van der Waals surface area contributed by atoms with Crippen LogP contribution in [0.4, 0.5) is 0 Å². The maximum atomic E-state index is 13.4. The fraction of sp³-hybridized carbons (Fsp3) is 0.219. The van der Waals surface area contributed by atoms with Crippen molar-refractivity contribution in [3.8, 4) is 28.0 Å². The van der Waals surface area contributed by atoms with E-state index in [-0.39, 0.29) is 5.91 Å². The van der Waals surface area contributed by atoms with E-state index in [1.807, 2.05) is 65.7 Å². The summed E-state index contributed by atoms with van der Waals surface area (Å²) >= 11 is 0. The number of piperazine rings is 1. The van der Waals surface area contributed by atoms with Crippen LogP contribution in [0.25, 0.3) is 22.3 Å². The quantitative estimate of drug-likeness (QED) is 0.360. The molecule has 0 saturated carbocycles. The van der Waals surface area contributed by atoms with Gasteiger partial charge in [0.2, 0.25) is 5.91 Å². The molecule has 1 aliphatic carbocycles. The van der Waals surface area contributed by atoms with Gasteiger partial charge >= 0.3 is 0 Å². The molecule has 2 N–H and O–H groups in total. The molecule has 7 heteroatoms. The van der Waals surface area contributed by atoms with E-state index in [1.165, 1.54) is 5.56 Å². The Balaban J connectivity index is 1.23. The molecule has 0 bridgehead atoms. The van der Waals surface area contributed by atoms with Crippen LogP contribution in [0.15, 0.2) is 79.1 Å². The van der Waals surface area contributed by atoms with Gasteiger partial charge in [0.15, 0.2) is 0 Å². The summed E-state index contributed by atoms with van der Waals surface area (Å²) in [6, 6.07) is 21.6. The number of primary amides is 1. The molecule has 0 radical (unpaired) electrons. The second-order valence-electron chi connectivity index (χ2n) is 10.1. The highest BCUT2D eigenvalue weighted by molar-refractivity contribution is 6.01. The minimum atomic E-state index is -0.454. The molecule has 2 amide bonds. The van der Waals surface area contributed by atoms with Crippen LogP contribution >= 0.6 is 0 Å². The number of fused-ring (bicyclic) bond motifs is 3. The van der Waals surface area contributed by atoms with Crippen LogP contribution in [-0.2, 0) is 13.0 Å². The number of rotatable bonds is 6. The van der Waals surface area contributed by atoms with Crippen molar-refractivity contribution < 1.29 is 14.3 Å². The van der Waals surface area contributed by atoms with Crippen LogP contribution in [0.1, 0.15) is 37.4 Å². The largest absolute Gasteiger partial charge is 0.497 e. The molecule has 1 aliphatic heterocycles. The highest BCUT2D eigenvalue weighted by atomic mass is 16.5. The van der Waals surface area contributed by atoms with E-state index < -0.39 is 5.91 Å². The molecular weight excluding hydrogens is 488 g/mol. The first-order valence-corrected chi connectivity index (χ1v) is 13.1. The molecule has 3 aromatic carbocycles. The van der Waals surface area contributed by atoms with Crippen molar-refractivity contribution in [2.75, 3.05) is 33.3 Å². The Morgan fingerprint density at radius 1 is 0.923 bits per heavy atom. The maximum absolute atomic E-state index is 13.4. The Bertz CT molecular complexity index is 1560. The predicted octanol–water partition coefficient (Wildman–Crippen LogP) is 4.39. The van der Waals surface area contributed by atoms with Crippen LogP contribution < -0.4 is 10.5 Å². The molecule has 4 aromatic rings. The third kappa shape index (κ3) is 4.89. The van der Waals surface area contributed by atoms with Gasteiger partial charge in [0.1, 0.15) is 5.75 Å². The fourth-order valence-electron chi connectivity index (χ4n) is 5.66. The molecule has 7 nitrogen and oxygen atoms in total. The van der Waals surface area contributed by atoms with Gasteiger partial charge in [0.05, 0.1) is 7.11 Å². The van der Waals surface area contributed by atoms with Gasteiger partial charge in [-0.05, 0) is 87.8 Å². The number of nitrogens with zero attached hydrogens (tertiary/aromatic N) is 3. The molecule has 1 fully saturated rings. The zero-order valence-electron chi connectivity index (χ0n) is 21.9. The molecule has 1 saturated heterocycles. The van der Waals surface area contributed by atoms with Gasteiger partial charge in [-0.2, -0.15) is 0 Å². The number of nitrogens with two attached hydrogens (primary N) is 1. The lowest BCUT2D eigenvalue weighted by molar-refractivity contribution is 0.0628. The summed E-state index contributed by atoms with van der Waals surface area (Å²) in [6.45, 7) is 3.86. The summed E-state index contributed by atoms with van der Waals surface area (Å²) in [5.74, 6) is 0.335. The molecule has 6 rings (SSSR count). The second kappa shape index (κ2) is 10.3. The SMILES string of the molecule is COc1cccc(-c2cc(C(N)=O)c3c(c2)-c2ccc(C(=O)N4CCN(Cc5cccnc5)CC4)cc2C3)c1. The van der Waals surface area contributed by atoms with E-state index in [0.29, 0.717) is 30.6 Å². The van der Waals surface area contributed by atoms with Gasteiger partial charge in [-0.15, -0.1) is 0 Å². The van der Waals surface area contributed by atoms with Gasteiger partial charge < -0.3 is 15.4 Å². The van der Waals surface area contributed by atoms with Crippen LogP contribution in [0.5, 0.6) is 5.75 Å². The van der Waals surface area contributed by atoms with Crippen LogP contribution in [0.3, 0.4) is 0 Å². The lowest BCUT2D eigenvalue weighted by Gasteiger charge is -2.34. The number of amides is 2. The molecule has 0 spiro atoms. The highest BCUT2D eigenvalue weighted by Gasteiger charge is 2.27. The van der Waals surface area contributed by atoms with Gasteiger partial charge in [0.25, 0.3) is 5.91 Å². The number of methoxy groups -OCH3 is 1. The maximum Gasteiger partial charge on any atom is 0.253 e. The molecule has 0 unspecified atom stereocenters. The Morgan fingerprint density at radius 2 is 1.77 bits per heavy atom. The molecule has 0 atom stereocenters. The number of hydrogen-bond donors (Lipinski definition) is 1. The van der Waals surface area contributed by atoms with Crippen molar-refractivity contribution in [3.63, 3.8) is 0 Å². The van der Waals surface area contributed by atoms with E-state index in [4.69, 9.17) is 10.5 Å². The zero-order valence-corrected chi connectivity index (χ0v) is 21.9. The zero-order chi connectivity index (χ0) is 26.9. The van der Waals surface area contributed by atoms with Crippen molar-refractivity contribution in [1.29, 1.82) is 0 Å². The number of aromatic nitrogens is 1.